The number of nitrogens with zero attached hydrogens (tertiary/aromatic N) is 1. The van der Waals surface area contributed by atoms with Crippen molar-refractivity contribution < 1.29 is 19.2 Å². The number of nitrogens with one attached hydrogen (secondary N) is 3. The number of carbonyl (C=O) groups is 4. The third-order valence-corrected chi connectivity index (χ3v) is 4.82. The molecule has 0 bridgehead atoms. The molecular formula is C16H12N4O6. The molecule has 26 heavy (non-hydrogen) atoms. The lowest BCUT2D eigenvalue weighted by atomic mass is 9.89. The maximum absolute atomic E-state index is 13.0. The number of aromatic nitrogens is 2. The Hall–Kier alpha value is -3.56. The van der Waals surface area contributed by atoms with Gasteiger partial charge in [-0.1, -0.05) is 0 Å². The zero-order valence-corrected chi connectivity index (χ0v) is 13.5. The maximum atomic E-state index is 13.0. The second-order valence-electron chi connectivity index (χ2n) is 6.42. The number of amides is 4. The fourth-order valence-corrected chi connectivity index (χ4v) is 3.37. The molecule has 132 valence electrons. The number of H-pyrrole nitrogens is 2. The molecule has 2 aliphatic rings. The predicted octanol–water partition coefficient (Wildman–Crippen LogP) is -0.992. The van der Waals surface area contributed by atoms with Crippen LogP contribution < -0.4 is 16.4 Å². The zero-order chi connectivity index (χ0) is 18.8. The molecule has 4 rings (SSSR count). The molecule has 10 nitrogen and oxygen atoms in total. The van der Waals surface area contributed by atoms with Crippen molar-refractivity contribution in [2.24, 2.45) is 0 Å². The van der Waals surface area contributed by atoms with Crippen LogP contribution in [0.1, 0.15) is 40.5 Å². The van der Waals surface area contributed by atoms with E-state index in [1.54, 1.807) is 0 Å². The van der Waals surface area contributed by atoms with Crippen molar-refractivity contribution in [1.82, 2.24) is 20.2 Å². The third-order valence-electron chi connectivity index (χ3n) is 4.82. The lowest BCUT2D eigenvalue weighted by Crippen LogP contribution is -2.62. The minimum atomic E-state index is -1.53. The Labute approximate surface area is 144 Å². The standard InChI is InChI=1S/C16H12N4O6/c1-16(5-4-8(21)18-15(16)26)20-13(24)6-2-3-7-10(9(6)14(20)25)19-12(23)11(22)17-7/h2-3H,4-5H2,1H3,(H,17,22)(H,19,23)(H,18,21,26). The fraction of sp³-hybridized carbons (Fsp3) is 0.250. The number of hydrogen-bond acceptors (Lipinski definition) is 6. The van der Waals surface area contributed by atoms with Crippen molar-refractivity contribution in [2.45, 2.75) is 25.3 Å². The number of aromatic amines is 2. The number of benzene rings is 1. The molecule has 1 atom stereocenters. The van der Waals surface area contributed by atoms with Crippen LogP contribution in [0.25, 0.3) is 11.0 Å². The van der Waals surface area contributed by atoms with Crippen LogP contribution in [0, 0.1) is 0 Å². The number of fused-ring (bicyclic) bond motifs is 3. The van der Waals surface area contributed by atoms with Gasteiger partial charge in [0, 0.05) is 6.42 Å². The SMILES string of the molecule is CC1(N2C(=O)c3ccc4[nH]c(=O)c(=O)[nH]c4c3C2=O)CCC(=O)NC1=O. The highest BCUT2D eigenvalue weighted by Gasteiger charge is 2.53. The Morgan fingerprint density at radius 1 is 0.962 bits per heavy atom. The van der Waals surface area contributed by atoms with Gasteiger partial charge in [-0.3, -0.25) is 39.0 Å². The fourth-order valence-electron chi connectivity index (χ4n) is 3.37. The Kier molecular flexibility index (Phi) is 3.05. The van der Waals surface area contributed by atoms with Crippen LogP contribution in [-0.2, 0) is 9.59 Å². The predicted molar refractivity (Wildman–Crippen MR) is 86.5 cm³/mol. The van der Waals surface area contributed by atoms with E-state index in [-0.39, 0.29) is 35.0 Å². The summed E-state index contributed by atoms with van der Waals surface area (Å²) in [7, 11) is 0. The van der Waals surface area contributed by atoms with Gasteiger partial charge in [0.25, 0.3) is 17.7 Å². The highest BCUT2D eigenvalue weighted by atomic mass is 16.2. The van der Waals surface area contributed by atoms with E-state index in [4.69, 9.17) is 0 Å². The summed E-state index contributed by atoms with van der Waals surface area (Å²) in [4.78, 5) is 78.1. The molecule has 4 amide bonds. The van der Waals surface area contributed by atoms with Crippen molar-refractivity contribution in [3.05, 3.63) is 44.0 Å². The highest BCUT2D eigenvalue weighted by molar-refractivity contribution is 6.27. The summed E-state index contributed by atoms with van der Waals surface area (Å²) in [5.41, 5.74) is -3.26. The molecule has 1 aromatic carbocycles. The third kappa shape index (κ3) is 1.92. The van der Waals surface area contributed by atoms with E-state index < -0.39 is 40.3 Å². The lowest BCUT2D eigenvalue weighted by molar-refractivity contribution is -0.140. The normalized spacial score (nSPS) is 22.7. The summed E-state index contributed by atoms with van der Waals surface area (Å²) in [5, 5.41) is 2.14. The van der Waals surface area contributed by atoms with Gasteiger partial charge in [-0.15, -0.1) is 0 Å². The molecule has 1 aromatic heterocycles. The molecule has 1 fully saturated rings. The van der Waals surface area contributed by atoms with E-state index in [0.717, 1.165) is 4.90 Å². The minimum absolute atomic E-state index is 0.00553. The van der Waals surface area contributed by atoms with Crippen LogP contribution in [0.5, 0.6) is 0 Å². The average Bonchev–Trinajstić information content (AvgIpc) is 2.84. The molecule has 0 spiro atoms. The molecule has 3 heterocycles. The van der Waals surface area contributed by atoms with Gasteiger partial charge in [-0.25, -0.2) is 0 Å². The van der Waals surface area contributed by atoms with Gasteiger partial charge >= 0.3 is 11.1 Å². The Bertz CT molecular complexity index is 1160. The van der Waals surface area contributed by atoms with Crippen LogP contribution in [-0.4, -0.2) is 44.0 Å². The first-order chi connectivity index (χ1) is 12.2. The minimum Gasteiger partial charge on any atom is -0.316 e. The van der Waals surface area contributed by atoms with Gasteiger partial charge in [0.15, 0.2) is 0 Å². The summed E-state index contributed by atoms with van der Waals surface area (Å²) < 4.78 is 0. The average molecular weight is 356 g/mol. The number of piperidine rings is 1. The topological polar surface area (TPSA) is 149 Å². The maximum Gasteiger partial charge on any atom is 0.314 e. The van der Waals surface area contributed by atoms with Crippen molar-refractivity contribution in [3.8, 4) is 0 Å². The van der Waals surface area contributed by atoms with Crippen molar-refractivity contribution in [2.75, 3.05) is 0 Å². The summed E-state index contributed by atoms with van der Waals surface area (Å²) in [6.45, 7) is 1.41. The van der Waals surface area contributed by atoms with Gasteiger partial charge in [-0.2, -0.15) is 0 Å². The summed E-state index contributed by atoms with van der Waals surface area (Å²) in [6, 6.07) is 2.74. The molecule has 2 aliphatic heterocycles. The number of rotatable bonds is 1. The van der Waals surface area contributed by atoms with Crippen molar-refractivity contribution >= 4 is 34.7 Å². The molecule has 3 N–H and O–H groups in total. The van der Waals surface area contributed by atoms with E-state index >= 15 is 0 Å². The van der Waals surface area contributed by atoms with E-state index in [9.17, 15) is 28.8 Å². The Balaban J connectivity index is 1.92. The van der Waals surface area contributed by atoms with Gasteiger partial charge in [0.05, 0.1) is 22.2 Å². The second kappa shape index (κ2) is 4.97. The Morgan fingerprint density at radius 3 is 2.35 bits per heavy atom. The molecule has 1 saturated heterocycles. The second-order valence-corrected chi connectivity index (χ2v) is 6.42. The van der Waals surface area contributed by atoms with E-state index in [0.29, 0.717) is 0 Å². The zero-order valence-electron chi connectivity index (χ0n) is 13.5. The largest absolute Gasteiger partial charge is 0.316 e. The van der Waals surface area contributed by atoms with Gasteiger partial charge in [0.1, 0.15) is 5.54 Å². The summed E-state index contributed by atoms with van der Waals surface area (Å²) in [6.07, 6.45) is -0.0189. The van der Waals surface area contributed by atoms with E-state index in [2.05, 4.69) is 15.3 Å². The molecule has 10 heteroatoms. The molecule has 0 radical (unpaired) electrons. The van der Waals surface area contributed by atoms with Crippen molar-refractivity contribution in [1.29, 1.82) is 0 Å². The first-order valence-electron chi connectivity index (χ1n) is 7.76. The van der Waals surface area contributed by atoms with Crippen molar-refractivity contribution in [3.63, 3.8) is 0 Å². The molecular weight excluding hydrogens is 344 g/mol. The number of imide groups is 2. The summed E-state index contributed by atoms with van der Waals surface area (Å²) in [5.74, 6) is -2.69. The molecule has 0 aliphatic carbocycles. The quantitative estimate of drug-likeness (QED) is 0.441. The van der Waals surface area contributed by atoms with E-state index in [1.807, 2.05) is 0 Å². The molecule has 0 saturated carbocycles. The smallest absolute Gasteiger partial charge is 0.314 e. The molecule has 2 aromatic rings. The highest BCUT2D eigenvalue weighted by Crippen LogP contribution is 2.35. The van der Waals surface area contributed by atoms with Crippen LogP contribution in [0.3, 0.4) is 0 Å². The molecule has 1 unspecified atom stereocenters. The van der Waals surface area contributed by atoms with Gasteiger partial charge in [0.2, 0.25) is 5.91 Å². The lowest BCUT2D eigenvalue weighted by Gasteiger charge is -2.38. The van der Waals surface area contributed by atoms with Gasteiger partial charge < -0.3 is 9.97 Å². The first-order valence-corrected chi connectivity index (χ1v) is 7.76. The van der Waals surface area contributed by atoms with Crippen LogP contribution in [0.4, 0.5) is 0 Å². The Morgan fingerprint density at radius 2 is 1.65 bits per heavy atom. The number of carbonyl (C=O) groups excluding carboxylic acids is 4. The summed E-state index contributed by atoms with van der Waals surface area (Å²) >= 11 is 0. The van der Waals surface area contributed by atoms with Crippen LogP contribution in [0.15, 0.2) is 21.7 Å². The van der Waals surface area contributed by atoms with Crippen LogP contribution in [0.2, 0.25) is 0 Å². The first kappa shape index (κ1) is 15.9. The van der Waals surface area contributed by atoms with Gasteiger partial charge in [-0.05, 0) is 25.5 Å². The van der Waals surface area contributed by atoms with E-state index in [1.165, 1.54) is 19.1 Å². The van der Waals surface area contributed by atoms with Crippen LogP contribution >= 0.6 is 0 Å². The monoisotopic (exact) mass is 356 g/mol. The number of hydrogen-bond donors (Lipinski definition) is 3.